The maximum Gasteiger partial charge on any atom is 0.255 e. The first kappa shape index (κ1) is 16.7. The van der Waals surface area contributed by atoms with Gasteiger partial charge in [0, 0.05) is 19.0 Å². The van der Waals surface area contributed by atoms with Crippen LogP contribution in [-0.2, 0) is 15.0 Å². The van der Waals surface area contributed by atoms with Crippen LogP contribution in [-0.4, -0.2) is 49.4 Å². The number of nitrogens with one attached hydrogen (secondary N) is 1. The average molecular weight is 338 g/mol. The lowest BCUT2D eigenvalue weighted by Crippen LogP contribution is -2.48. The molecule has 2 unspecified atom stereocenters. The highest BCUT2D eigenvalue weighted by Gasteiger charge is 2.53. The normalized spacial score (nSPS) is 25.9. The van der Waals surface area contributed by atoms with Gasteiger partial charge in [-0.15, -0.1) is 0 Å². The number of rotatable bonds is 5. The van der Waals surface area contributed by atoms with Gasteiger partial charge in [0.25, 0.3) is 6.43 Å². The molecular formula is C17H20F2N2O3. The summed E-state index contributed by atoms with van der Waals surface area (Å²) in [6.07, 6.45) is -0.982. The van der Waals surface area contributed by atoms with Crippen molar-refractivity contribution in [3.63, 3.8) is 0 Å². The fourth-order valence-electron chi connectivity index (χ4n) is 3.74. The van der Waals surface area contributed by atoms with Crippen molar-refractivity contribution in [2.45, 2.75) is 37.1 Å². The molecule has 2 amide bonds. The number of carbonyl (C=O) groups excluding carboxylic acids is 2. The van der Waals surface area contributed by atoms with Crippen LogP contribution >= 0.6 is 0 Å². The number of benzene rings is 1. The molecular weight excluding hydrogens is 318 g/mol. The van der Waals surface area contributed by atoms with Crippen molar-refractivity contribution in [3.8, 4) is 5.75 Å². The smallest absolute Gasteiger partial charge is 0.255 e. The van der Waals surface area contributed by atoms with E-state index < -0.39 is 24.3 Å². The van der Waals surface area contributed by atoms with Gasteiger partial charge in [-0.2, -0.15) is 0 Å². The summed E-state index contributed by atoms with van der Waals surface area (Å²) < 4.78 is 30.3. The van der Waals surface area contributed by atoms with Crippen LogP contribution in [0.5, 0.6) is 5.75 Å². The van der Waals surface area contributed by atoms with Gasteiger partial charge in [0.15, 0.2) is 0 Å². The van der Waals surface area contributed by atoms with Gasteiger partial charge in [-0.25, -0.2) is 8.78 Å². The van der Waals surface area contributed by atoms with Crippen molar-refractivity contribution in [3.05, 3.63) is 29.8 Å². The van der Waals surface area contributed by atoms with Crippen LogP contribution < -0.4 is 10.1 Å². The highest BCUT2D eigenvalue weighted by molar-refractivity contribution is 5.91. The summed E-state index contributed by atoms with van der Waals surface area (Å²) in [6, 6.07) is 7.05. The highest BCUT2D eigenvalue weighted by atomic mass is 19.3. The van der Waals surface area contributed by atoms with E-state index in [9.17, 15) is 18.4 Å². The molecule has 24 heavy (non-hydrogen) atoms. The maximum atomic E-state index is 12.8. The average Bonchev–Trinajstić information content (AvgIpc) is 3.13. The number of nitrogens with zero attached hydrogens (tertiary/aromatic N) is 1. The Morgan fingerprint density at radius 3 is 2.96 bits per heavy atom. The molecule has 0 aromatic heterocycles. The quantitative estimate of drug-likeness (QED) is 0.889. The predicted molar refractivity (Wildman–Crippen MR) is 83.0 cm³/mol. The van der Waals surface area contributed by atoms with E-state index in [1.165, 1.54) is 7.11 Å². The molecule has 1 aromatic carbocycles. The number of ether oxygens (including phenoxy) is 1. The van der Waals surface area contributed by atoms with Crippen molar-refractivity contribution in [2.24, 2.45) is 0 Å². The second kappa shape index (κ2) is 6.37. The fraction of sp³-hybridized carbons (Fsp3) is 0.529. The number of halogens is 2. The van der Waals surface area contributed by atoms with Crippen LogP contribution in [0.3, 0.4) is 0 Å². The molecule has 0 bridgehead atoms. The van der Waals surface area contributed by atoms with Crippen LogP contribution in [0.1, 0.15) is 24.8 Å². The zero-order valence-electron chi connectivity index (χ0n) is 13.4. The summed E-state index contributed by atoms with van der Waals surface area (Å²) in [5.41, 5.74) is -0.319. The van der Waals surface area contributed by atoms with Crippen molar-refractivity contribution in [1.29, 1.82) is 0 Å². The minimum absolute atomic E-state index is 0.0130. The van der Waals surface area contributed by atoms with Crippen LogP contribution in [0.15, 0.2) is 24.3 Å². The molecule has 2 atom stereocenters. The molecule has 1 N–H and O–H groups in total. The monoisotopic (exact) mass is 338 g/mol. The molecule has 2 heterocycles. The van der Waals surface area contributed by atoms with E-state index in [1.807, 2.05) is 0 Å². The van der Waals surface area contributed by atoms with Crippen molar-refractivity contribution in [1.82, 2.24) is 10.2 Å². The maximum absolute atomic E-state index is 12.8. The Bertz CT molecular complexity index is 652. The van der Waals surface area contributed by atoms with E-state index >= 15 is 0 Å². The molecule has 2 fully saturated rings. The first-order valence-corrected chi connectivity index (χ1v) is 7.97. The summed E-state index contributed by atoms with van der Waals surface area (Å²) >= 11 is 0. The van der Waals surface area contributed by atoms with Crippen LogP contribution in [0.2, 0.25) is 0 Å². The van der Waals surface area contributed by atoms with E-state index in [0.29, 0.717) is 30.6 Å². The second-order valence-electron chi connectivity index (χ2n) is 6.33. The van der Waals surface area contributed by atoms with Gasteiger partial charge in [0.2, 0.25) is 11.8 Å². The molecule has 130 valence electrons. The third-order valence-corrected chi connectivity index (χ3v) is 4.95. The van der Waals surface area contributed by atoms with Crippen molar-refractivity contribution in [2.75, 3.05) is 20.2 Å². The van der Waals surface area contributed by atoms with Crippen LogP contribution in [0.4, 0.5) is 8.78 Å². The molecule has 2 aliphatic rings. The summed E-state index contributed by atoms with van der Waals surface area (Å²) in [5, 5.41) is 2.34. The highest BCUT2D eigenvalue weighted by Crippen LogP contribution is 2.43. The number of alkyl halides is 2. The molecule has 5 nitrogen and oxygen atoms in total. The summed E-state index contributed by atoms with van der Waals surface area (Å²) in [4.78, 5) is 26.5. The fourth-order valence-corrected chi connectivity index (χ4v) is 3.74. The number of methoxy groups -OCH3 is 1. The van der Waals surface area contributed by atoms with Crippen molar-refractivity contribution >= 4 is 11.8 Å². The Balaban J connectivity index is 1.95. The Hall–Kier alpha value is -2.18. The van der Waals surface area contributed by atoms with E-state index in [0.717, 1.165) is 0 Å². The van der Waals surface area contributed by atoms with E-state index in [-0.39, 0.29) is 18.5 Å². The standard InChI is InChI=1S/C17H20F2N2O3/c1-24-13-4-2-3-11(7-13)17(16(23)20-9-14(18)19)8-12-5-6-15(22)21(12)10-17/h2-4,7,12,14H,5-6,8-10H2,1H3,(H,20,23). The van der Waals surface area contributed by atoms with Gasteiger partial charge in [-0.3, -0.25) is 9.59 Å². The van der Waals surface area contributed by atoms with Gasteiger partial charge >= 0.3 is 0 Å². The number of hydrogen-bond donors (Lipinski definition) is 1. The summed E-state index contributed by atoms with van der Waals surface area (Å²) in [7, 11) is 1.53. The van der Waals surface area contributed by atoms with Crippen LogP contribution in [0.25, 0.3) is 0 Å². The molecule has 3 rings (SSSR count). The minimum atomic E-state index is -2.61. The van der Waals surface area contributed by atoms with E-state index in [1.54, 1.807) is 29.2 Å². The largest absolute Gasteiger partial charge is 0.497 e. The molecule has 7 heteroatoms. The Morgan fingerprint density at radius 2 is 2.29 bits per heavy atom. The van der Waals surface area contributed by atoms with E-state index in [2.05, 4.69) is 5.32 Å². The number of carbonyl (C=O) groups is 2. The molecule has 0 radical (unpaired) electrons. The lowest BCUT2D eigenvalue weighted by atomic mass is 9.76. The Kier molecular flexibility index (Phi) is 4.43. The molecule has 0 aliphatic carbocycles. The SMILES string of the molecule is COc1cccc(C2(C(=O)NCC(F)F)CC3CCC(=O)N3C2)c1. The van der Waals surface area contributed by atoms with Gasteiger partial charge in [0.05, 0.1) is 19.1 Å². The molecule has 0 spiro atoms. The molecule has 0 saturated carbocycles. The molecule has 1 aromatic rings. The van der Waals surface area contributed by atoms with Gasteiger partial charge in [-0.05, 0) is 30.5 Å². The number of hydrogen-bond acceptors (Lipinski definition) is 3. The first-order chi connectivity index (χ1) is 11.5. The van der Waals surface area contributed by atoms with Crippen LogP contribution in [0, 0.1) is 0 Å². The first-order valence-electron chi connectivity index (χ1n) is 7.97. The zero-order chi connectivity index (χ0) is 17.3. The van der Waals surface area contributed by atoms with Crippen molar-refractivity contribution < 1.29 is 23.1 Å². The molecule has 2 saturated heterocycles. The van der Waals surface area contributed by atoms with E-state index in [4.69, 9.17) is 4.74 Å². The number of amides is 2. The lowest BCUT2D eigenvalue weighted by Gasteiger charge is -2.29. The Morgan fingerprint density at radius 1 is 1.50 bits per heavy atom. The summed E-state index contributed by atoms with van der Waals surface area (Å²) in [6.45, 7) is -0.470. The predicted octanol–water partition coefficient (Wildman–Crippen LogP) is 1.71. The number of fused-ring (bicyclic) bond motifs is 1. The zero-order valence-corrected chi connectivity index (χ0v) is 13.4. The third kappa shape index (κ3) is 2.83. The summed E-state index contributed by atoms with van der Waals surface area (Å²) in [5.74, 6) is 0.150. The minimum Gasteiger partial charge on any atom is -0.497 e. The topological polar surface area (TPSA) is 58.6 Å². The second-order valence-corrected chi connectivity index (χ2v) is 6.33. The third-order valence-electron chi connectivity index (χ3n) is 4.95. The molecule has 2 aliphatic heterocycles. The van der Waals surface area contributed by atoms with Gasteiger partial charge in [0.1, 0.15) is 5.75 Å². The Labute approximate surface area is 139 Å². The lowest BCUT2D eigenvalue weighted by molar-refractivity contribution is -0.129. The van der Waals surface area contributed by atoms with Gasteiger partial charge in [-0.1, -0.05) is 12.1 Å². The van der Waals surface area contributed by atoms with Gasteiger partial charge < -0.3 is 15.0 Å².